The first-order valence-corrected chi connectivity index (χ1v) is 7.65. The van der Waals surface area contributed by atoms with Gasteiger partial charge in [-0.1, -0.05) is 35.9 Å². The molecule has 6 nitrogen and oxygen atoms in total. The van der Waals surface area contributed by atoms with Crippen molar-refractivity contribution in [1.82, 2.24) is 0 Å². The van der Waals surface area contributed by atoms with Crippen molar-refractivity contribution in [3.63, 3.8) is 0 Å². The van der Waals surface area contributed by atoms with E-state index in [0.29, 0.717) is 22.0 Å². The molecule has 0 fully saturated rings. The van der Waals surface area contributed by atoms with Gasteiger partial charge >= 0.3 is 5.97 Å². The Hall–Kier alpha value is -2.70. The molecule has 6 N–H and O–H groups in total. The third-order valence-corrected chi connectivity index (χ3v) is 3.53. The second-order valence-electron chi connectivity index (χ2n) is 4.92. The van der Waals surface area contributed by atoms with Gasteiger partial charge in [-0.3, -0.25) is 5.01 Å². The third-order valence-electron chi connectivity index (χ3n) is 3.30. The van der Waals surface area contributed by atoms with Crippen LogP contribution >= 0.6 is 11.6 Å². The molecule has 0 spiro atoms. The van der Waals surface area contributed by atoms with Gasteiger partial charge in [0.15, 0.2) is 5.70 Å². The predicted octanol–water partition coefficient (Wildman–Crippen LogP) is 2.49. The lowest BCUT2D eigenvalue weighted by molar-refractivity contribution is -0.138. The summed E-state index contributed by atoms with van der Waals surface area (Å²) in [7, 11) is 0. The largest absolute Gasteiger partial charge is 0.461 e. The van der Waals surface area contributed by atoms with E-state index in [-0.39, 0.29) is 18.0 Å². The number of para-hydroxylation sites is 2. The SMILES string of the molecule is CCOC(=O)/C(=C(\N)c1cccc(Cl)c1)N(N)c1ccccc1N. The summed E-state index contributed by atoms with van der Waals surface area (Å²) in [6.45, 7) is 1.88. The molecule has 0 bridgehead atoms. The molecule has 2 rings (SSSR count). The summed E-state index contributed by atoms with van der Waals surface area (Å²) < 4.78 is 5.09. The summed E-state index contributed by atoms with van der Waals surface area (Å²) in [6.07, 6.45) is 0. The van der Waals surface area contributed by atoms with Crippen LogP contribution in [0.25, 0.3) is 5.70 Å². The number of benzene rings is 2. The summed E-state index contributed by atoms with van der Waals surface area (Å²) in [5.74, 6) is 5.48. The quantitative estimate of drug-likeness (QED) is 0.252. The topological polar surface area (TPSA) is 108 Å². The fourth-order valence-electron chi connectivity index (χ4n) is 2.16. The Morgan fingerprint density at radius 1 is 1.21 bits per heavy atom. The molecule has 0 saturated carbocycles. The van der Waals surface area contributed by atoms with Crippen LogP contribution < -0.4 is 22.3 Å². The Kier molecular flexibility index (Phi) is 5.68. The van der Waals surface area contributed by atoms with Crippen LogP contribution in [0.15, 0.2) is 54.2 Å². The number of nitrogens with two attached hydrogens (primary N) is 3. The number of hydrogen-bond donors (Lipinski definition) is 3. The number of ether oxygens (including phenoxy) is 1. The van der Waals surface area contributed by atoms with Crippen molar-refractivity contribution in [2.24, 2.45) is 11.6 Å². The van der Waals surface area contributed by atoms with Gasteiger partial charge in [0.2, 0.25) is 0 Å². The van der Waals surface area contributed by atoms with Gasteiger partial charge in [0, 0.05) is 10.6 Å². The number of halogens is 1. The van der Waals surface area contributed by atoms with Gasteiger partial charge < -0.3 is 16.2 Å². The second kappa shape index (κ2) is 7.72. The van der Waals surface area contributed by atoms with E-state index in [1.54, 1.807) is 55.5 Å². The van der Waals surface area contributed by atoms with E-state index < -0.39 is 5.97 Å². The van der Waals surface area contributed by atoms with Crippen LogP contribution in [0.3, 0.4) is 0 Å². The molecule has 0 atom stereocenters. The molecule has 0 radical (unpaired) electrons. The summed E-state index contributed by atoms with van der Waals surface area (Å²) in [4.78, 5) is 12.4. The van der Waals surface area contributed by atoms with Crippen LogP contribution in [0, 0.1) is 0 Å². The summed E-state index contributed by atoms with van der Waals surface area (Å²) >= 11 is 6.00. The van der Waals surface area contributed by atoms with Crippen LogP contribution in [0.1, 0.15) is 12.5 Å². The van der Waals surface area contributed by atoms with Gasteiger partial charge in [0.25, 0.3) is 0 Å². The van der Waals surface area contributed by atoms with Crippen molar-refractivity contribution < 1.29 is 9.53 Å². The molecule has 7 heteroatoms. The Morgan fingerprint density at radius 3 is 2.54 bits per heavy atom. The number of hydrazine groups is 1. The molecule has 2 aromatic rings. The maximum absolute atomic E-state index is 12.4. The van der Waals surface area contributed by atoms with Crippen LogP contribution in [-0.2, 0) is 9.53 Å². The first-order valence-electron chi connectivity index (χ1n) is 7.27. The highest BCUT2D eigenvalue weighted by atomic mass is 35.5. The van der Waals surface area contributed by atoms with Crippen molar-refractivity contribution >= 4 is 34.6 Å². The molecule has 126 valence electrons. The highest BCUT2D eigenvalue weighted by Crippen LogP contribution is 2.27. The summed E-state index contributed by atoms with van der Waals surface area (Å²) in [6, 6.07) is 13.7. The van der Waals surface area contributed by atoms with Gasteiger partial charge in [-0.25, -0.2) is 10.6 Å². The van der Waals surface area contributed by atoms with Gasteiger partial charge in [-0.15, -0.1) is 0 Å². The Balaban J connectivity index is 2.58. The predicted molar refractivity (Wildman–Crippen MR) is 96.7 cm³/mol. The van der Waals surface area contributed by atoms with Crippen LogP contribution in [-0.4, -0.2) is 12.6 Å². The van der Waals surface area contributed by atoms with Gasteiger partial charge in [0.05, 0.1) is 23.7 Å². The molecule has 0 aliphatic rings. The molecule has 2 aromatic carbocycles. The highest BCUT2D eigenvalue weighted by molar-refractivity contribution is 6.30. The van der Waals surface area contributed by atoms with E-state index in [1.165, 1.54) is 0 Å². The molecular formula is C17H19ClN4O2. The first kappa shape index (κ1) is 17.7. The minimum atomic E-state index is -0.652. The second-order valence-corrected chi connectivity index (χ2v) is 5.36. The molecule has 24 heavy (non-hydrogen) atoms. The molecule has 0 heterocycles. The number of carbonyl (C=O) groups is 1. The monoisotopic (exact) mass is 346 g/mol. The van der Waals surface area contributed by atoms with E-state index in [4.69, 9.17) is 33.6 Å². The van der Waals surface area contributed by atoms with Crippen molar-refractivity contribution in [3.8, 4) is 0 Å². The lowest BCUT2D eigenvalue weighted by Crippen LogP contribution is -2.37. The fraction of sp³-hybridized carbons (Fsp3) is 0.118. The maximum Gasteiger partial charge on any atom is 0.358 e. The maximum atomic E-state index is 12.4. The van der Waals surface area contributed by atoms with Crippen molar-refractivity contribution in [1.29, 1.82) is 0 Å². The van der Waals surface area contributed by atoms with Crippen LogP contribution in [0.4, 0.5) is 11.4 Å². The molecule has 0 saturated heterocycles. The summed E-state index contributed by atoms with van der Waals surface area (Å²) in [5.41, 5.74) is 13.6. The molecule has 0 aromatic heterocycles. The van der Waals surface area contributed by atoms with E-state index in [2.05, 4.69) is 0 Å². The van der Waals surface area contributed by atoms with Crippen molar-refractivity contribution in [2.45, 2.75) is 6.92 Å². The van der Waals surface area contributed by atoms with E-state index in [0.717, 1.165) is 5.01 Å². The zero-order chi connectivity index (χ0) is 17.7. The zero-order valence-electron chi connectivity index (χ0n) is 13.2. The van der Waals surface area contributed by atoms with Gasteiger partial charge in [0.1, 0.15) is 0 Å². The third kappa shape index (κ3) is 3.79. The number of anilines is 2. The van der Waals surface area contributed by atoms with E-state index in [9.17, 15) is 4.79 Å². The van der Waals surface area contributed by atoms with E-state index >= 15 is 0 Å². The molecule has 0 unspecified atom stereocenters. The minimum absolute atomic E-state index is 0.0167. The Morgan fingerprint density at radius 2 is 1.92 bits per heavy atom. The number of nitrogens with zero attached hydrogens (tertiary/aromatic N) is 1. The van der Waals surface area contributed by atoms with Crippen LogP contribution in [0.5, 0.6) is 0 Å². The van der Waals surface area contributed by atoms with Crippen LogP contribution in [0.2, 0.25) is 5.02 Å². The average Bonchev–Trinajstić information content (AvgIpc) is 2.55. The van der Waals surface area contributed by atoms with Gasteiger partial charge in [-0.05, 0) is 31.2 Å². The Labute approximate surface area is 145 Å². The highest BCUT2D eigenvalue weighted by Gasteiger charge is 2.24. The molecular weight excluding hydrogens is 328 g/mol. The normalized spacial score (nSPS) is 11.6. The molecule has 0 amide bonds. The van der Waals surface area contributed by atoms with E-state index in [1.807, 2.05) is 0 Å². The number of nitrogen functional groups attached to an aromatic ring is 1. The van der Waals surface area contributed by atoms with Crippen molar-refractivity contribution in [2.75, 3.05) is 17.3 Å². The molecule has 0 aliphatic carbocycles. The lowest BCUT2D eigenvalue weighted by Gasteiger charge is -2.24. The molecule has 0 aliphatic heterocycles. The number of rotatable bonds is 5. The minimum Gasteiger partial charge on any atom is -0.461 e. The first-order chi connectivity index (χ1) is 11.5. The summed E-state index contributed by atoms with van der Waals surface area (Å²) in [5, 5.41) is 1.62. The average molecular weight is 347 g/mol. The standard InChI is InChI=1S/C17H19ClN4O2/c1-2-24-17(23)16(15(20)11-6-5-7-12(18)10-11)22(21)14-9-4-3-8-13(14)19/h3-10H,2,19-21H2,1H3/b16-15+. The zero-order valence-corrected chi connectivity index (χ0v) is 14.0. The number of esters is 1. The fourth-order valence-corrected chi connectivity index (χ4v) is 2.35. The number of carbonyl (C=O) groups excluding carboxylic acids is 1. The Bertz CT molecular complexity index is 777. The van der Waals surface area contributed by atoms with Crippen molar-refractivity contribution in [3.05, 3.63) is 64.8 Å². The van der Waals surface area contributed by atoms with Gasteiger partial charge in [-0.2, -0.15) is 0 Å². The lowest BCUT2D eigenvalue weighted by atomic mass is 10.1. The number of hydrogen-bond acceptors (Lipinski definition) is 6. The smallest absolute Gasteiger partial charge is 0.358 e.